The monoisotopic (exact) mass is 221 g/mol. The van der Waals surface area contributed by atoms with Crippen LogP contribution in [0.5, 0.6) is 5.75 Å². The number of rotatable bonds is 5. The molecule has 0 atom stereocenters. The Morgan fingerprint density at radius 1 is 1.31 bits per heavy atom. The second kappa shape index (κ2) is 5.75. The van der Waals surface area contributed by atoms with Crippen molar-refractivity contribution >= 4 is 5.69 Å². The summed E-state index contributed by atoms with van der Waals surface area (Å²) in [6.07, 6.45) is 3.99. The van der Waals surface area contributed by atoms with Gasteiger partial charge >= 0.3 is 0 Å². The number of aliphatic hydroxyl groups is 1. The number of hydrogen-bond donors (Lipinski definition) is 2. The van der Waals surface area contributed by atoms with Gasteiger partial charge in [-0.1, -0.05) is 6.07 Å². The van der Waals surface area contributed by atoms with Gasteiger partial charge in [0.25, 0.3) is 0 Å². The average Bonchev–Trinajstić information content (AvgIpc) is 2.35. The van der Waals surface area contributed by atoms with Crippen molar-refractivity contribution in [2.24, 2.45) is 0 Å². The van der Waals surface area contributed by atoms with Crippen LogP contribution in [0.3, 0.4) is 0 Å². The topological polar surface area (TPSA) is 41.5 Å². The quantitative estimate of drug-likeness (QED) is 0.749. The highest BCUT2D eigenvalue weighted by atomic mass is 16.5. The smallest absolute Gasteiger partial charge is 0.124 e. The highest BCUT2D eigenvalue weighted by Crippen LogP contribution is 2.30. The number of aliphatic hydroxyl groups excluding tert-OH is 1. The summed E-state index contributed by atoms with van der Waals surface area (Å²) in [7, 11) is 0. The molecule has 1 aliphatic heterocycles. The second-order valence-corrected chi connectivity index (χ2v) is 4.09. The first-order valence-electron chi connectivity index (χ1n) is 6.01. The largest absolute Gasteiger partial charge is 0.493 e. The summed E-state index contributed by atoms with van der Waals surface area (Å²) >= 11 is 0. The summed E-state index contributed by atoms with van der Waals surface area (Å²) in [5.41, 5.74) is 2.52. The molecular formula is C13H19NO2. The van der Waals surface area contributed by atoms with Gasteiger partial charge in [-0.25, -0.2) is 0 Å². The third kappa shape index (κ3) is 2.67. The molecule has 0 radical (unpaired) electrons. The van der Waals surface area contributed by atoms with Crippen LogP contribution < -0.4 is 10.1 Å². The van der Waals surface area contributed by atoms with Gasteiger partial charge in [0.2, 0.25) is 0 Å². The van der Waals surface area contributed by atoms with Gasteiger partial charge in [-0.15, -0.1) is 0 Å². The maximum atomic E-state index is 8.69. The minimum atomic E-state index is 0.248. The predicted molar refractivity (Wildman–Crippen MR) is 65.1 cm³/mol. The first kappa shape index (κ1) is 11.3. The van der Waals surface area contributed by atoms with Gasteiger partial charge in [0.1, 0.15) is 5.75 Å². The summed E-state index contributed by atoms with van der Waals surface area (Å²) in [6, 6.07) is 6.17. The number of fused-ring (bicyclic) bond motifs is 1. The first-order chi connectivity index (χ1) is 7.92. The van der Waals surface area contributed by atoms with E-state index in [4.69, 9.17) is 9.84 Å². The molecule has 0 bridgehead atoms. The Kier molecular flexibility index (Phi) is 4.05. The molecule has 16 heavy (non-hydrogen) atoms. The molecule has 0 fully saturated rings. The number of anilines is 1. The van der Waals surface area contributed by atoms with Crippen LogP contribution in [-0.4, -0.2) is 24.9 Å². The normalized spacial score (nSPS) is 14.1. The molecule has 2 N–H and O–H groups in total. The van der Waals surface area contributed by atoms with Crippen molar-refractivity contribution < 1.29 is 9.84 Å². The molecule has 0 saturated carbocycles. The van der Waals surface area contributed by atoms with Gasteiger partial charge in [-0.3, -0.25) is 0 Å². The zero-order valence-corrected chi connectivity index (χ0v) is 9.54. The van der Waals surface area contributed by atoms with Crippen LogP contribution >= 0.6 is 0 Å². The average molecular weight is 221 g/mol. The third-order valence-electron chi connectivity index (χ3n) is 2.86. The number of hydrogen-bond acceptors (Lipinski definition) is 3. The maximum absolute atomic E-state index is 8.69. The fourth-order valence-electron chi connectivity index (χ4n) is 2.01. The van der Waals surface area contributed by atoms with E-state index in [-0.39, 0.29) is 6.61 Å². The van der Waals surface area contributed by atoms with Gasteiger partial charge < -0.3 is 15.2 Å². The molecule has 0 amide bonds. The number of benzene rings is 1. The molecule has 0 unspecified atom stereocenters. The molecule has 0 aromatic heterocycles. The van der Waals surface area contributed by atoms with E-state index < -0.39 is 0 Å². The molecule has 0 saturated heterocycles. The molecule has 3 nitrogen and oxygen atoms in total. The zero-order valence-electron chi connectivity index (χ0n) is 9.54. The lowest BCUT2D eigenvalue weighted by atomic mass is 10.0. The molecule has 0 spiro atoms. The van der Waals surface area contributed by atoms with Crippen LogP contribution in [0.4, 0.5) is 5.69 Å². The van der Waals surface area contributed by atoms with E-state index >= 15 is 0 Å². The summed E-state index contributed by atoms with van der Waals surface area (Å²) in [5.74, 6) is 1.00. The van der Waals surface area contributed by atoms with Crippen molar-refractivity contribution in [3.05, 3.63) is 23.8 Å². The van der Waals surface area contributed by atoms with E-state index in [0.717, 1.165) is 31.6 Å². The van der Waals surface area contributed by atoms with Gasteiger partial charge in [0.05, 0.1) is 6.61 Å². The molecule has 0 aliphatic carbocycles. The van der Waals surface area contributed by atoms with E-state index in [1.54, 1.807) is 0 Å². The van der Waals surface area contributed by atoms with E-state index in [0.29, 0.717) is 6.61 Å². The highest BCUT2D eigenvalue weighted by Gasteiger charge is 2.12. The summed E-state index contributed by atoms with van der Waals surface area (Å²) in [5, 5.41) is 12.1. The van der Waals surface area contributed by atoms with Gasteiger partial charge in [-0.05, 0) is 37.8 Å². The third-order valence-corrected chi connectivity index (χ3v) is 2.86. The summed E-state index contributed by atoms with van der Waals surface area (Å²) in [4.78, 5) is 0. The van der Waals surface area contributed by atoms with Crippen molar-refractivity contribution in [3.63, 3.8) is 0 Å². The van der Waals surface area contributed by atoms with Gasteiger partial charge in [0, 0.05) is 24.4 Å². The molecule has 1 heterocycles. The maximum Gasteiger partial charge on any atom is 0.124 e. The summed E-state index contributed by atoms with van der Waals surface area (Å²) in [6.45, 7) is 2.00. The molecule has 88 valence electrons. The Morgan fingerprint density at radius 3 is 3.12 bits per heavy atom. The number of unbranched alkanes of at least 4 members (excludes halogenated alkanes) is 1. The van der Waals surface area contributed by atoms with E-state index in [2.05, 4.69) is 11.4 Å². The molecule has 1 aliphatic rings. The number of ether oxygens (including phenoxy) is 1. The van der Waals surface area contributed by atoms with Crippen molar-refractivity contribution in [2.45, 2.75) is 25.7 Å². The minimum absolute atomic E-state index is 0.248. The molecule has 1 aromatic carbocycles. The lowest BCUT2D eigenvalue weighted by Crippen LogP contribution is -2.13. The predicted octanol–water partition coefficient (Wildman–Crippen LogP) is 2.20. The molecule has 1 aromatic rings. The Labute approximate surface area is 96.4 Å². The molecule has 2 rings (SSSR count). The van der Waals surface area contributed by atoms with Crippen molar-refractivity contribution in [3.8, 4) is 5.75 Å². The van der Waals surface area contributed by atoms with Crippen LogP contribution in [0.2, 0.25) is 0 Å². The van der Waals surface area contributed by atoms with Crippen molar-refractivity contribution in [1.82, 2.24) is 0 Å². The molecular weight excluding hydrogens is 202 g/mol. The van der Waals surface area contributed by atoms with Crippen LogP contribution in [0.25, 0.3) is 0 Å². The SMILES string of the molecule is OCCCCOc1cccc2c1CCCN2. The molecule has 3 heteroatoms. The zero-order chi connectivity index (χ0) is 11.2. The summed E-state index contributed by atoms with van der Waals surface area (Å²) < 4.78 is 5.76. The second-order valence-electron chi connectivity index (χ2n) is 4.09. The van der Waals surface area contributed by atoms with E-state index in [1.807, 2.05) is 12.1 Å². The van der Waals surface area contributed by atoms with Crippen LogP contribution in [-0.2, 0) is 6.42 Å². The fourth-order valence-corrected chi connectivity index (χ4v) is 2.01. The van der Waals surface area contributed by atoms with Crippen molar-refractivity contribution in [2.75, 3.05) is 25.1 Å². The van der Waals surface area contributed by atoms with Gasteiger partial charge in [-0.2, -0.15) is 0 Å². The number of nitrogens with one attached hydrogen (secondary N) is 1. The lowest BCUT2D eigenvalue weighted by Gasteiger charge is -2.20. The Balaban J connectivity index is 1.97. The van der Waals surface area contributed by atoms with E-state index in [1.165, 1.54) is 17.7 Å². The Bertz CT molecular complexity index is 339. The highest BCUT2D eigenvalue weighted by molar-refractivity contribution is 5.58. The Morgan fingerprint density at radius 2 is 2.25 bits per heavy atom. The lowest BCUT2D eigenvalue weighted by molar-refractivity contribution is 0.252. The van der Waals surface area contributed by atoms with Crippen molar-refractivity contribution in [1.29, 1.82) is 0 Å². The van der Waals surface area contributed by atoms with E-state index in [9.17, 15) is 0 Å². The van der Waals surface area contributed by atoms with Crippen LogP contribution in [0, 0.1) is 0 Å². The first-order valence-corrected chi connectivity index (χ1v) is 6.01. The minimum Gasteiger partial charge on any atom is -0.493 e. The Hall–Kier alpha value is -1.22. The van der Waals surface area contributed by atoms with Gasteiger partial charge in [0.15, 0.2) is 0 Å². The van der Waals surface area contributed by atoms with Crippen LogP contribution in [0.1, 0.15) is 24.8 Å². The fraction of sp³-hybridized carbons (Fsp3) is 0.538. The van der Waals surface area contributed by atoms with Crippen LogP contribution in [0.15, 0.2) is 18.2 Å². The standard InChI is InChI=1S/C13H19NO2/c15-9-1-2-10-16-13-7-3-6-12-11(13)5-4-8-14-12/h3,6-7,14-15H,1-2,4-5,8-10H2.